The van der Waals surface area contributed by atoms with Gasteiger partial charge in [0, 0.05) is 18.3 Å². The first-order chi connectivity index (χ1) is 17.5. The molecule has 1 aliphatic heterocycles. The number of nitrogens with zero attached hydrogens (tertiary/aromatic N) is 3. The maximum absolute atomic E-state index is 14.8. The molecule has 0 radical (unpaired) electrons. The van der Waals surface area contributed by atoms with E-state index in [1.807, 2.05) is 0 Å². The van der Waals surface area contributed by atoms with Gasteiger partial charge in [0.2, 0.25) is 11.3 Å². The Hall–Kier alpha value is -3.87. The number of benzene rings is 1. The molecule has 2 aromatic heterocycles. The number of rotatable bonds is 6. The molecule has 0 bridgehead atoms. The standard InChI is InChI=1S/C24H19F5N4O4/c25-11-5-15(26)20(16(27)6-11)33-9-14(24(37)31-19(22(28)29)10-1-2-10)21(36)13-3-4-17(30-23(13)33)32-8-12(34)7-18(32)35/h3-6,9-10,12,19,22,34H,1-2,7-8H2,(H,31,37)/t12-,19?/m0/s1. The van der Waals surface area contributed by atoms with Gasteiger partial charge in [-0.15, -0.1) is 0 Å². The zero-order chi connectivity index (χ0) is 26.6. The number of fused-ring (bicyclic) bond motifs is 1. The van der Waals surface area contributed by atoms with Crippen LogP contribution in [0.4, 0.5) is 27.8 Å². The summed E-state index contributed by atoms with van der Waals surface area (Å²) >= 11 is 0. The van der Waals surface area contributed by atoms with E-state index in [-0.39, 0.29) is 29.8 Å². The zero-order valence-corrected chi connectivity index (χ0v) is 18.9. The van der Waals surface area contributed by atoms with Crippen molar-refractivity contribution in [3.8, 4) is 5.69 Å². The number of hydrogen-bond acceptors (Lipinski definition) is 5. The van der Waals surface area contributed by atoms with Crippen LogP contribution < -0.4 is 15.6 Å². The third-order valence-corrected chi connectivity index (χ3v) is 6.38. The van der Waals surface area contributed by atoms with Gasteiger partial charge in [-0.1, -0.05) is 0 Å². The van der Waals surface area contributed by atoms with Crippen molar-refractivity contribution in [2.45, 2.75) is 37.8 Å². The highest BCUT2D eigenvalue weighted by atomic mass is 19.3. The van der Waals surface area contributed by atoms with Gasteiger partial charge in [0.15, 0.2) is 17.3 Å². The van der Waals surface area contributed by atoms with Crippen molar-refractivity contribution in [2.75, 3.05) is 11.4 Å². The Kier molecular flexibility index (Phi) is 6.18. The van der Waals surface area contributed by atoms with Crippen molar-refractivity contribution in [3.63, 3.8) is 0 Å². The minimum atomic E-state index is -2.90. The molecule has 194 valence electrons. The molecular formula is C24H19F5N4O4. The molecule has 2 atom stereocenters. The molecule has 8 nitrogen and oxygen atoms in total. The minimum absolute atomic E-state index is 0.0474. The number of hydrogen-bond donors (Lipinski definition) is 2. The number of pyridine rings is 2. The highest BCUT2D eigenvalue weighted by molar-refractivity contribution is 5.99. The number of aliphatic hydroxyl groups excluding tert-OH is 1. The van der Waals surface area contributed by atoms with Crippen LogP contribution in [-0.4, -0.2) is 51.6 Å². The van der Waals surface area contributed by atoms with Gasteiger partial charge in [-0.25, -0.2) is 26.9 Å². The fraction of sp³-hybridized carbons (Fsp3) is 0.333. The highest BCUT2D eigenvalue weighted by Crippen LogP contribution is 2.35. The first-order valence-corrected chi connectivity index (χ1v) is 11.3. The van der Waals surface area contributed by atoms with E-state index in [1.54, 1.807) is 0 Å². The van der Waals surface area contributed by atoms with Crippen LogP contribution in [0, 0.1) is 23.4 Å². The maximum atomic E-state index is 14.8. The van der Waals surface area contributed by atoms with Gasteiger partial charge in [-0.05, 0) is 30.9 Å². The Labute approximate surface area is 205 Å². The fourth-order valence-corrected chi connectivity index (χ4v) is 4.42. The highest BCUT2D eigenvalue weighted by Gasteiger charge is 2.39. The number of nitrogens with one attached hydrogen (secondary N) is 1. The number of carbonyl (C=O) groups excluding carboxylic acids is 2. The van der Waals surface area contributed by atoms with Gasteiger partial charge in [0.25, 0.3) is 12.3 Å². The SMILES string of the molecule is O=C(NC(C(F)F)C1CC1)c1cn(-c2c(F)cc(F)cc2F)c2nc(N3C[C@@H](O)CC3=O)ccc2c1=O. The lowest BCUT2D eigenvalue weighted by Gasteiger charge is -2.20. The van der Waals surface area contributed by atoms with E-state index >= 15 is 0 Å². The van der Waals surface area contributed by atoms with Crippen LogP contribution in [0.2, 0.25) is 0 Å². The monoisotopic (exact) mass is 522 g/mol. The summed E-state index contributed by atoms with van der Waals surface area (Å²) in [5.41, 5.74) is -2.91. The molecule has 0 spiro atoms. The zero-order valence-electron chi connectivity index (χ0n) is 18.9. The largest absolute Gasteiger partial charge is 0.391 e. The van der Waals surface area contributed by atoms with Crippen molar-refractivity contribution in [1.29, 1.82) is 0 Å². The second-order valence-electron chi connectivity index (χ2n) is 9.03. The molecule has 2 aliphatic rings. The molecule has 3 aromatic rings. The van der Waals surface area contributed by atoms with Gasteiger partial charge in [0.1, 0.15) is 22.9 Å². The van der Waals surface area contributed by atoms with E-state index in [0.29, 0.717) is 29.5 Å². The van der Waals surface area contributed by atoms with Gasteiger partial charge >= 0.3 is 0 Å². The third-order valence-electron chi connectivity index (χ3n) is 6.38. The first kappa shape index (κ1) is 24.8. The predicted octanol–water partition coefficient (Wildman–Crippen LogP) is 2.67. The summed E-state index contributed by atoms with van der Waals surface area (Å²) in [5, 5.41) is 11.6. The summed E-state index contributed by atoms with van der Waals surface area (Å²) in [4.78, 5) is 43.6. The average molecular weight is 522 g/mol. The number of alkyl halides is 2. The Morgan fingerprint density at radius 1 is 1.11 bits per heavy atom. The summed E-state index contributed by atoms with van der Waals surface area (Å²) in [6, 6.07) is 1.66. The fourth-order valence-electron chi connectivity index (χ4n) is 4.42. The topological polar surface area (TPSA) is 105 Å². The molecule has 37 heavy (non-hydrogen) atoms. The lowest BCUT2D eigenvalue weighted by molar-refractivity contribution is -0.117. The Bertz CT molecular complexity index is 1460. The van der Waals surface area contributed by atoms with Crippen LogP contribution >= 0.6 is 0 Å². The Morgan fingerprint density at radius 2 is 1.78 bits per heavy atom. The first-order valence-electron chi connectivity index (χ1n) is 11.3. The van der Waals surface area contributed by atoms with Crippen LogP contribution in [0.5, 0.6) is 0 Å². The number of halogens is 5. The van der Waals surface area contributed by atoms with E-state index < -0.39 is 70.4 Å². The number of aliphatic hydroxyl groups is 1. The molecule has 1 unspecified atom stereocenters. The molecule has 2 N–H and O–H groups in total. The van der Waals surface area contributed by atoms with Crippen LogP contribution in [0.15, 0.2) is 35.3 Å². The van der Waals surface area contributed by atoms with Crippen LogP contribution in [0.1, 0.15) is 29.6 Å². The molecular weight excluding hydrogens is 503 g/mol. The Morgan fingerprint density at radius 3 is 2.35 bits per heavy atom. The van der Waals surface area contributed by atoms with Crippen molar-refractivity contribution in [3.05, 3.63) is 63.7 Å². The van der Waals surface area contributed by atoms with Gasteiger partial charge in [0.05, 0.1) is 30.5 Å². The van der Waals surface area contributed by atoms with Crippen LogP contribution in [0.3, 0.4) is 0 Å². The summed E-state index contributed by atoms with van der Waals surface area (Å²) in [6.07, 6.45) is -2.37. The second kappa shape index (κ2) is 9.21. The quantitative estimate of drug-likeness (QED) is 0.485. The number of carbonyl (C=O) groups is 2. The molecule has 13 heteroatoms. The van der Waals surface area contributed by atoms with Crippen molar-refractivity contribution < 1.29 is 36.6 Å². The molecule has 2 fully saturated rings. The maximum Gasteiger partial charge on any atom is 0.258 e. The van der Waals surface area contributed by atoms with Crippen LogP contribution in [-0.2, 0) is 4.79 Å². The number of amides is 2. The Balaban J connectivity index is 1.70. The molecule has 2 amide bonds. The van der Waals surface area contributed by atoms with Crippen LogP contribution in [0.25, 0.3) is 16.7 Å². The van der Waals surface area contributed by atoms with E-state index in [9.17, 15) is 41.4 Å². The average Bonchev–Trinajstić information content (AvgIpc) is 3.60. The molecule has 3 heterocycles. The second-order valence-corrected chi connectivity index (χ2v) is 9.03. The number of anilines is 1. The lowest BCUT2D eigenvalue weighted by Crippen LogP contribution is -2.43. The summed E-state index contributed by atoms with van der Waals surface area (Å²) in [5.74, 6) is -6.18. The molecule has 1 saturated carbocycles. The predicted molar refractivity (Wildman–Crippen MR) is 120 cm³/mol. The van der Waals surface area contributed by atoms with E-state index in [2.05, 4.69) is 10.3 Å². The summed E-state index contributed by atoms with van der Waals surface area (Å²) in [7, 11) is 0. The van der Waals surface area contributed by atoms with Crippen molar-refractivity contribution >= 4 is 28.7 Å². The van der Waals surface area contributed by atoms with Gasteiger partial charge in [-0.2, -0.15) is 0 Å². The molecule has 1 saturated heterocycles. The van der Waals surface area contributed by atoms with Crippen molar-refractivity contribution in [2.24, 2.45) is 5.92 Å². The van der Waals surface area contributed by atoms with E-state index in [4.69, 9.17) is 0 Å². The van der Waals surface area contributed by atoms with Gasteiger partial charge < -0.3 is 10.4 Å². The molecule has 1 aromatic carbocycles. The smallest absolute Gasteiger partial charge is 0.258 e. The van der Waals surface area contributed by atoms with Crippen molar-refractivity contribution in [1.82, 2.24) is 14.9 Å². The van der Waals surface area contributed by atoms with Gasteiger partial charge in [-0.3, -0.25) is 23.9 Å². The molecule has 1 aliphatic carbocycles. The number of aromatic nitrogens is 2. The molecule has 5 rings (SSSR count). The lowest BCUT2D eigenvalue weighted by atomic mass is 10.1. The van der Waals surface area contributed by atoms with E-state index in [0.717, 1.165) is 17.2 Å². The number of β-amino-alcohol motifs (C(OH)–C–C–N with tert-alkyl or cyclic N) is 1. The third kappa shape index (κ3) is 4.54. The summed E-state index contributed by atoms with van der Waals surface area (Å²) in [6.45, 7) is -0.114. The van der Waals surface area contributed by atoms with E-state index in [1.165, 1.54) is 6.07 Å². The summed E-state index contributed by atoms with van der Waals surface area (Å²) < 4.78 is 70.8. The minimum Gasteiger partial charge on any atom is -0.391 e. The normalized spacial score (nSPS) is 18.6.